The third kappa shape index (κ3) is 4.86. The van der Waals surface area contributed by atoms with Crippen LogP contribution in [0.3, 0.4) is 0 Å². The molecule has 8 heteroatoms. The number of nitrogens with zero attached hydrogens (tertiary/aromatic N) is 2. The summed E-state index contributed by atoms with van der Waals surface area (Å²) < 4.78 is 32.4. The van der Waals surface area contributed by atoms with Gasteiger partial charge in [-0.25, -0.2) is 18.6 Å². The van der Waals surface area contributed by atoms with Crippen LogP contribution < -0.4 is 0 Å². The Balaban J connectivity index is 1.44. The average Bonchev–Trinajstić information content (AvgIpc) is 3.49. The Hall–Kier alpha value is -3.65. The van der Waals surface area contributed by atoms with Gasteiger partial charge in [-0.1, -0.05) is 24.3 Å². The molecule has 2 heterocycles. The maximum absolute atomic E-state index is 13.7. The zero-order valence-electron chi connectivity index (χ0n) is 19.6. The number of esters is 1. The van der Waals surface area contributed by atoms with Crippen LogP contribution in [0.4, 0.5) is 8.78 Å². The van der Waals surface area contributed by atoms with E-state index in [1.165, 1.54) is 40.6 Å². The fourth-order valence-corrected chi connectivity index (χ4v) is 5.62. The Morgan fingerprint density at radius 2 is 1.78 bits per heavy atom. The topological polar surface area (TPSA) is 59.0 Å². The maximum Gasteiger partial charge on any atom is 0.349 e. The van der Waals surface area contributed by atoms with Gasteiger partial charge in [-0.3, -0.25) is 4.79 Å². The van der Waals surface area contributed by atoms with E-state index < -0.39 is 24.5 Å². The molecule has 1 aliphatic heterocycles. The highest BCUT2D eigenvalue weighted by Gasteiger charge is 2.43. The molecule has 2 aliphatic rings. The zero-order valence-corrected chi connectivity index (χ0v) is 20.4. The number of thiophene rings is 1. The molecule has 1 amide bonds. The lowest BCUT2D eigenvalue weighted by Crippen LogP contribution is -2.34. The normalized spacial score (nSPS) is 20.2. The first-order valence-electron chi connectivity index (χ1n) is 11.7. The van der Waals surface area contributed by atoms with Gasteiger partial charge >= 0.3 is 5.97 Å². The first kappa shape index (κ1) is 24.1. The van der Waals surface area contributed by atoms with Crippen molar-refractivity contribution in [2.75, 3.05) is 6.61 Å². The summed E-state index contributed by atoms with van der Waals surface area (Å²) in [5.74, 6) is -1.76. The molecule has 0 bridgehead atoms. The van der Waals surface area contributed by atoms with Crippen LogP contribution in [0.5, 0.6) is 0 Å². The van der Waals surface area contributed by atoms with E-state index in [1.807, 2.05) is 19.1 Å². The maximum atomic E-state index is 13.7. The Morgan fingerprint density at radius 1 is 1.08 bits per heavy atom. The number of amides is 1. The van der Waals surface area contributed by atoms with Gasteiger partial charge in [-0.15, -0.1) is 11.3 Å². The van der Waals surface area contributed by atoms with Crippen molar-refractivity contribution in [3.05, 3.63) is 98.8 Å². The van der Waals surface area contributed by atoms with Crippen molar-refractivity contribution < 1.29 is 23.1 Å². The minimum absolute atomic E-state index is 0.0879. The Morgan fingerprint density at radius 3 is 2.44 bits per heavy atom. The molecule has 0 spiro atoms. The lowest BCUT2D eigenvalue weighted by Gasteiger charge is -2.29. The predicted octanol–water partition coefficient (Wildman–Crippen LogP) is 6.31. The fraction of sp³-hybridized carbons (Fsp3) is 0.250. The molecule has 0 saturated heterocycles. The van der Waals surface area contributed by atoms with Crippen molar-refractivity contribution >= 4 is 35.0 Å². The second kappa shape index (κ2) is 10.1. The van der Waals surface area contributed by atoms with Gasteiger partial charge in [-0.05, 0) is 90.2 Å². The summed E-state index contributed by atoms with van der Waals surface area (Å²) in [7, 11) is 0. The van der Waals surface area contributed by atoms with E-state index in [9.17, 15) is 18.4 Å². The number of ether oxygens (including phenoxy) is 1. The quantitative estimate of drug-likeness (QED) is 0.381. The van der Waals surface area contributed by atoms with Gasteiger partial charge in [0.2, 0.25) is 0 Å². The number of fused-ring (bicyclic) bond motifs is 1. The Labute approximate surface area is 211 Å². The van der Waals surface area contributed by atoms with E-state index in [0.717, 1.165) is 47.2 Å². The first-order valence-corrected chi connectivity index (χ1v) is 12.6. The number of rotatable bonds is 5. The highest BCUT2D eigenvalue weighted by molar-refractivity contribution is 7.12. The van der Waals surface area contributed by atoms with Crippen molar-refractivity contribution in [1.82, 2.24) is 5.01 Å². The lowest BCUT2D eigenvalue weighted by molar-refractivity contribution is -0.137. The number of hydrogen-bond acceptors (Lipinski definition) is 5. The van der Waals surface area contributed by atoms with Crippen molar-refractivity contribution in [2.45, 2.75) is 32.2 Å². The largest absolute Gasteiger partial charge is 0.451 e. The smallest absolute Gasteiger partial charge is 0.349 e. The standard InChI is InChI=1S/C28H24F2N2O3S/c1-17-13-14-36-27(17)28(34)35-16-24(33)32-26(19-7-11-22(30)12-8-19)23-4-2-3-20(25(23)31-32)15-18-5-9-21(29)10-6-18/h5-15,23,26H,2-4,16H2,1H3. The van der Waals surface area contributed by atoms with E-state index in [1.54, 1.807) is 29.6 Å². The molecule has 36 heavy (non-hydrogen) atoms. The first-order chi connectivity index (χ1) is 17.4. The number of benzene rings is 2. The molecule has 0 radical (unpaired) electrons. The Bertz CT molecular complexity index is 1350. The Kier molecular flexibility index (Phi) is 6.78. The van der Waals surface area contributed by atoms with E-state index in [0.29, 0.717) is 4.88 Å². The molecule has 5 nitrogen and oxygen atoms in total. The third-order valence-electron chi connectivity index (χ3n) is 6.55. The number of halogens is 2. The van der Waals surface area contributed by atoms with Crippen molar-refractivity contribution in [3.63, 3.8) is 0 Å². The molecule has 1 fully saturated rings. The highest BCUT2D eigenvalue weighted by Crippen LogP contribution is 2.44. The minimum Gasteiger partial charge on any atom is -0.451 e. The van der Waals surface area contributed by atoms with Gasteiger partial charge in [0.15, 0.2) is 6.61 Å². The summed E-state index contributed by atoms with van der Waals surface area (Å²) in [6.07, 6.45) is 4.44. The summed E-state index contributed by atoms with van der Waals surface area (Å²) in [6, 6.07) is 13.7. The van der Waals surface area contributed by atoms with Gasteiger partial charge in [0.1, 0.15) is 16.5 Å². The van der Waals surface area contributed by atoms with Crippen LogP contribution in [0.25, 0.3) is 6.08 Å². The van der Waals surface area contributed by atoms with Crippen LogP contribution >= 0.6 is 11.3 Å². The van der Waals surface area contributed by atoms with Crippen molar-refractivity contribution in [1.29, 1.82) is 0 Å². The minimum atomic E-state index is -0.546. The number of carbonyl (C=O) groups excluding carboxylic acids is 2. The van der Waals surface area contributed by atoms with Gasteiger partial charge in [0, 0.05) is 5.92 Å². The van der Waals surface area contributed by atoms with Crippen LogP contribution in [-0.2, 0) is 9.53 Å². The summed E-state index contributed by atoms with van der Waals surface area (Å²) in [6.45, 7) is 1.36. The molecule has 0 N–H and O–H groups in total. The monoisotopic (exact) mass is 506 g/mol. The number of aryl methyl sites for hydroxylation is 1. The number of carbonyl (C=O) groups is 2. The zero-order chi connectivity index (χ0) is 25.2. The number of hydrogen-bond donors (Lipinski definition) is 0. The summed E-state index contributed by atoms with van der Waals surface area (Å²) >= 11 is 1.27. The molecule has 2 aromatic carbocycles. The average molecular weight is 507 g/mol. The molecule has 2 atom stereocenters. The van der Waals surface area contributed by atoms with Crippen LogP contribution in [0.2, 0.25) is 0 Å². The second-order valence-corrected chi connectivity index (χ2v) is 9.86. The molecular formula is C28H24F2N2O3S. The SMILES string of the molecule is Cc1ccsc1C(=O)OCC(=O)N1N=C2C(=Cc3ccc(F)cc3)CCCC2C1c1ccc(F)cc1. The number of allylic oxidation sites excluding steroid dienone is 1. The third-order valence-corrected chi connectivity index (χ3v) is 7.55. The molecule has 184 valence electrons. The number of hydrazone groups is 1. The molecule has 2 unspecified atom stereocenters. The summed E-state index contributed by atoms with van der Waals surface area (Å²) in [5.41, 5.74) is 4.17. The van der Waals surface area contributed by atoms with Gasteiger partial charge in [-0.2, -0.15) is 5.10 Å². The molecule has 5 rings (SSSR count). The summed E-state index contributed by atoms with van der Waals surface area (Å²) in [4.78, 5) is 26.2. The van der Waals surface area contributed by atoms with E-state index in [-0.39, 0.29) is 17.6 Å². The van der Waals surface area contributed by atoms with E-state index in [4.69, 9.17) is 9.84 Å². The second-order valence-electron chi connectivity index (χ2n) is 8.95. The van der Waals surface area contributed by atoms with Gasteiger partial charge in [0.25, 0.3) is 5.91 Å². The van der Waals surface area contributed by atoms with Crippen LogP contribution in [0.1, 0.15) is 51.7 Å². The molecular weight excluding hydrogens is 482 g/mol. The van der Waals surface area contributed by atoms with Crippen LogP contribution in [0.15, 0.2) is 70.7 Å². The van der Waals surface area contributed by atoms with Crippen LogP contribution in [-0.4, -0.2) is 29.2 Å². The van der Waals surface area contributed by atoms with E-state index in [2.05, 4.69) is 0 Å². The van der Waals surface area contributed by atoms with Gasteiger partial charge < -0.3 is 4.74 Å². The molecule has 1 aliphatic carbocycles. The van der Waals surface area contributed by atoms with Crippen molar-refractivity contribution in [3.8, 4) is 0 Å². The van der Waals surface area contributed by atoms with Gasteiger partial charge in [0.05, 0.1) is 11.8 Å². The molecule has 3 aromatic rings. The van der Waals surface area contributed by atoms with Crippen molar-refractivity contribution in [2.24, 2.45) is 11.0 Å². The van der Waals surface area contributed by atoms with Crippen LogP contribution in [0, 0.1) is 24.5 Å². The predicted molar refractivity (Wildman–Crippen MR) is 134 cm³/mol. The lowest BCUT2D eigenvalue weighted by atomic mass is 9.77. The summed E-state index contributed by atoms with van der Waals surface area (Å²) in [5, 5.41) is 7.90. The fourth-order valence-electron chi connectivity index (χ4n) is 4.80. The van der Waals surface area contributed by atoms with E-state index >= 15 is 0 Å². The molecule has 1 saturated carbocycles. The highest BCUT2D eigenvalue weighted by atomic mass is 32.1. The molecule has 1 aromatic heterocycles.